The van der Waals surface area contributed by atoms with Crippen LogP contribution in [0.3, 0.4) is 0 Å². The molecule has 7 aliphatic rings. The van der Waals surface area contributed by atoms with Crippen molar-refractivity contribution in [2.75, 3.05) is 0 Å². The largest absolute Gasteiger partial charge is 0.313 e. The summed E-state index contributed by atoms with van der Waals surface area (Å²) in [5.41, 5.74) is 18.0. The van der Waals surface area contributed by atoms with Crippen LogP contribution >= 0.6 is 0 Å². The number of fused-ring (bicyclic) bond motifs is 5. The van der Waals surface area contributed by atoms with Crippen molar-refractivity contribution in [3.63, 3.8) is 0 Å². The van der Waals surface area contributed by atoms with Crippen LogP contribution in [0.5, 0.6) is 0 Å². The van der Waals surface area contributed by atoms with E-state index in [9.17, 15) is 0 Å². The van der Waals surface area contributed by atoms with Gasteiger partial charge >= 0.3 is 0 Å². The third kappa shape index (κ3) is 5.51. The van der Waals surface area contributed by atoms with E-state index in [4.69, 9.17) is 0 Å². The van der Waals surface area contributed by atoms with Gasteiger partial charge in [-0.25, -0.2) is 9.89 Å². The summed E-state index contributed by atoms with van der Waals surface area (Å²) in [6, 6.07) is 35.1. The van der Waals surface area contributed by atoms with Crippen LogP contribution in [0.4, 0.5) is 0 Å². The van der Waals surface area contributed by atoms with E-state index in [0.717, 1.165) is 44.9 Å². The number of amidine groups is 1. The molecule has 0 saturated heterocycles. The smallest absolute Gasteiger partial charge is 0.280 e. The maximum Gasteiger partial charge on any atom is 0.280 e. The molecule has 3 nitrogen and oxygen atoms in total. The summed E-state index contributed by atoms with van der Waals surface area (Å²) in [6.45, 7) is 0. The van der Waals surface area contributed by atoms with Crippen LogP contribution in [-0.4, -0.2) is 27.2 Å². The topological polar surface area (TPSA) is 20.0 Å². The predicted octanol–water partition coefficient (Wildman–Crippen LogP) is 13.4. The van der Waals surface area contributed by atoms with E-state index in [1.54, 1.807) is 5.57 Å². The molecule has 6 aliphatic carbocycles. The summed E-state index contributed by atoms with van der Waals surface area (Å²) in [5.74, 6) is 1.36. The Bertz CT molecular complexity index is 2910. The molecular formula is C57H52N3+. The molecule has 60 heavy (non-hydrogen) atoms. The van der Waals surface area contributed by atoms with Crippen LogP contribution in [0.15, 0.2) is 186 Å². The third-order valence-corrected chi connectivity index (χ3v) is 14.6. The van der Waals surface area contributed by atoms with Crippen LogP contribution in [0.25, 0.3) is 44.2 Å². The van der Waals surface area contributed by atoms with Crippen molar-refractivity contribution in [1.82, 2.24) is 9.88 Å². The van der Waals surface area contributed by atoms with Crippen molar-refractivity contribution in [2.45, 2.75) is 88.3 Å². The van der Waals surface area contributed by atoms with Gasteiger partial charge in [0.15, 0.2) is 0 Å². The van der Waals surface area contributed by atoms with Gasteiger partial charge in [-0.2, -0.15) is 0 Å². The number of nitrogens with one attached hydrogen (secondary N) is 1. The zero-order valence-corrected chi connectivity index (χ0v) is 34.4. The van der Waals surface area contributed by atoms with E-state index < -0.39 is 0 Å². The quantitative estimate of drug-likeness (QED) is 0.163. The summed E-state index contributed by atoms with van der Waals surface area (Å²) >= 11 is 0. The van der Waals surface area contributed by atoms with Gasteiger partial charge in [0.25, 0.3) is 12.0 Å². The van der Waals surface area contributed by atoms with Gasteiger partial charge in [0.05, 0.1) is 16.4 Å². The van der Waals surface area contributed by atoms with E-state index in [1.165, 1.54) is 109 Å². The summed E-state index contributed by atoms with van der Waals surface area (Å²) < 4.78 is 5.34. The highest BCUT2D eigenvalue weighted by Gasteiger charge is 2.49. The second-order valence-corrected chi connectivity index (χ2v) is 17.7. The molecule has 3 unspecified atom stereocenters. The fourth-order valence-electron chi connectivity index (χ4n) is 11.8. The second-order valence-electron chi connectivity index (χ2n) is 17.7. The second kappa shape index (κ2) is 14.5. The molecule has 1 aromatic heterocycles. The minimum atomic E-state index is -0.287. The van der Waals surface area contributed by atoms with Gasteiger partial charge < -0.3 is 4.57 Å². The molecule has 0 amide bonds. The van der Waals surface area contributed by atoms with E-state index >= 15 is 0 Å². The van der Waals surface area contributed by atoms with Gasteiger partial charge in [0, 0.05) is 34.0 Å². The average Bonchev–Trinajstić information content (AvgIpc) is 3.79. The molecule has 0 bridgehead atoms. The minimum Gasteiger partial charge on any atom is -0.313 e. The lowest BCUT2D eigenvalue weighted by Crippen LogP contribution is -2.63. The number of rotatable bonds is 7. The first-order valence-electron chi connectivity index (χ1n) is 22.6. The Kier molecular flexibility index (Phi) is 8.65. The molecular weight excluding hydrogens is 727 g/mol. The normalized spacial score (nSPS) is 24.5. The van der Waals surface area contributed by atoms with Crippen molar-refractivity contribution in [1.29, 1.82) is 0 Å². The van der Waals surface area contributed by atoms with Gasteiger partial charge in [0.2, 0.25) is 0 Å². The summed E-state index contributed by atoms with van der Waals surface area (Å²) in [5, 5.41) is 6.67. The number of benzene rings is 4. The predicted molar refractivity (Wildman–Crippen MR) is 251 cm³/mol. The highest BCUT2D eigenvalue weighted by atomic mass is 15.4. The fourth-order valence-corrected chi connectivity index (χ4v) is 11.8. The lowest BCUT2D eigenvalue weighted by molar-refractivity contribution is -0.614. The van der Waals surface area contributed by atoms with Crippen molar-refractivity contribution >= 4 is 38.9 Å². The first-order chi connectivity index (χ1) is 29.8. The molecule has 4 aromatic carbocycles. The molecule has 0 radical (unpaired) electrons. The number of aromatic nitrogens is 1. The van der Waals surface area contributed by atoms with Crippen LogP contribution in [0.1, 0.15) is 87.3 Å². The van der Waals surface area contributed by atoms with Crippen LogP contribution in [0.2, 0.25) is 0 Å². The maximum atomic E-state index is 4.00. The van der Waals surface area contributed by atoms with Gasteiger partial charge in [0.1, 0.15) is 6.04 Å². The van der Waals surface area contributed by atoms with E-state index in [2.05, 4.69) is 178 Å². The average molecular weight is 779 g/mol. The standard InChI is InChI=1S/C57H51N3/c1-6-18-39(19-7-1)42-32-35-48-50-37-49-47-28-16-17-29-51(47)57(43-22-10-3-11-23-43,44-24-12-4-13-25-44)52(49)38-54(50)59(53(48)36-42)46-33-30-41(31-34-46)56-58-55(40-20-8-2-9-21-40)60(56)45-26-14-5-15-27-45/h1,3-7,10-12,14-16,18-20,22-24,26,28,30,32-33,35-38,45,56H,2,8-9,13,17,21,25,27,29,31,34H2/p+1. The van der Waals surface area contributed by atoms with Crippen molar-refractivity contribution in [2.24, 2.45) is 0 Å². The fraction of sp³-hybridized carbons (Fsp3) is 0.246. The molecule has 3 heteroatoms. The van der Waals surface area contributed by atoms with Gasteiger partial charge in [-0.15, -0.1) is 0 Å². The molecule has 1 aliphatic heterocycles. The lowest BCUT2D eigenvalue weighted by Gasteiger charge is -2.39. The summed E-state index contributed by atoms with van der Waals surface area (Å²) in [4.78, 5) is 0. The molecule has 5 aromatic rings. The number of nitrogens with zero attached hydrogens (tertiary/aromatic N) is 2. The Morgan fingerprint density at radius 3 is 2.32 bits per heavy atom. The van der Waals surface area contributed by atoms with Crippen LogP contribution < -0.4 is 5.32 Å². The van der Waals surface area contributed by atoms with Gasteiger partial charge in [-0.3, -0.25) is 0 Å². The minimum absolute atomic E-state index is 0.225. The van der Waals surface area contributed by atoms with Crippen molar-refractivity contribution < 1.29 is 4.58 Å². The van der Waals surface area contributed by atoms with E-state index in [-0.39, 0.29) is 11.6 Å². The molecule has 0 spiro atoms. The van der Waals surface area contributed by atoms with E-state index in [0.29, 0.717) is 6.04 Å². The molecule has 3 atom stereocenters. The first kappa shape index (κ1) is 35.7. The van der Waals surface area contributed by atoms with Crippen molar-refractivity contribution in [3.8, 4) is 11.1 Å². The maximum absolute atomic E-state index is 4.00. The third-order valence-electron chi connectivity index (χ3n) is 14.6. The number of hydrogen-bond donors (Lipinski definition) is 1. The van der Waals surface area contributed by atoms with Gasteiger partial charge in [-0.1, -0.05) is 139 Å². The Morgan fingerprint density at radius 2 is 1.53 bits per heavy atom. The molecule has 1 N–H and O–H groups in total. The Balaban J connectivity index is 1.06. The molecule has 0 saturated carbocycles. The van der Waals surface area contributed by atoms with Crippen LogP contribution in [-0.2, 0) is 5.41 Å². The van der Waals surface area contributed by atoms with E-state index in [1.807, 2.05) is 0 Å². The molecule has 0 fully saturated rings. The highest BCUT2D eigenvalue weighted by Crippen LogP contribution is 2.59. The SMILES string of the molecule is C1=CCCC(C2(c3ccccc3)C3=C(C=CCC3)c3cc4c5ccc(-c6ccccc6)cc5n(C5=CC=C(C6NC(C7=CCCCC7)=[N+]6C6C=CC=CC6)CC5)c4cc32)=C1. The van der Waals surface area contributed by atoms with Crippen molar-refractivity contribution in [3.05, 3.63) is 203 Å². The summed E-state index contributed by atoms with van der Waals surface area (Å²) in [6.07, 6.45) is 41.1. The zero-order valence-electron chi connectivity index (χ0n) is 34.4. The Labute approximate surface area is 354 Å². The molecule has 2 heterocycles. The Morgan fingerprint density at radius 1 is 0.667 bits per heavy atom. The zero-order chi connectivity index (χ0) is 39.6. The van der Waals surface area contributed by atoms with Crippen LogP contribution in [0, 0.1) is 0 Å². The highest BCUT2D eigenvalue weighted by molar-refractivity contribution is 6.13. The lowest BCUT2D eigenvalue weighted by atomic mass is 9.63. The number of allylic oxidation sites excluding steroid dienone is 14. The molecule has 12 rings (SSSR count). The Hall–Kier alpha value is -6.19. The molecule has 294 valence electrons. The monoisotopic (exact) mass is 778 g/mol. The summed E-state index contributed by atoms with van der Waals surface area (Å²) in [7, 11) is 0. The first-order valence-corrected chi connectivity index (χ1v) is 22.6. The van der Waals surface area contributed by atoms with Gasteiger partial charge in [-0.05, 0) is 134 Å². The number of hydrogen-bond acceptors (Lipinski definition) is 1.